The van der Waals surface area contributed by atoms with Gasteiger partial charge in [0.05, 0.1) is 0 Å². The molecule has 1 heterocycles. The van der Waals surface area contributed by atoms with Gasteiger partial charge in [-0.15, -0.1) is 0 Å². The van der Waals surface area contributed by atoms with E-state index in [2.05, 4.69) is 10.3 Å². The molecule has 1 aromatic heterocycles. The molecule has 2 rings (SSSR count). The summed E-state index contributed by atoms with van der Waals surface area (Å²) in [7, 11) is 0. The number of aliphatic hydroxyl groups is 1. The zero-order valence-corrected chi connectivity index (χ0v) is 10.5. The minimum absolute atomic E-state index is 0.00488. The van der Waals surface area contributed by atoms with Crippen LogP contribution in [0.5, 0.6) is 0 Å². The van der Waals surface area contributed by atoms with Crippen molar-refractivity contribution in [2.75, 3.05) is 11.9 Å². The molecule has 1 aromatic rings. The number of hydrogen-bond acceptors (Lipinski definition) is 3. The Morgan fingerprint density at radius 1 is 1.26 bits per heavy atom. The van der Waals surface area contributed by atoms with E-state index >= 15 is 0 Å². The van der Waals surface area contributed by atoms with Gasteiger partial charge in [0.1, 0.15) is 11.5 Å². The van der Waals surface area contributed by atoms with Crippen LogP contribution in [0.25, 0.3) is 0 Å². The number of pyridine rings is 1. The van der Waals surface area contributed by atoms with Crippen molar-refractivity contribution in [1.82, 2.24) is 4.98 Å². The van der Waals surface area contributed by atoms with E-state index in [4.69, 9.17) is 0 Å². The summed E-state index contributed by atoms with van der Waals surface area (Å²) < 4.78 is 37.7. The first kappa shape index (κ1) is 14.1. The molecule has 2 unspecified atom stereocenters. The van der Waals surface area contributed by atoms with Crippen molar-refractivity contribution in [3.8, 4) is 0 Å². The Labute approximate surface area is 109 Å². The molecule has 2 atom stereocenters. The van der Waals surface area contributed by atoms with E-state index in [0.29, 0.717) is 0 Å². The van der Waals surface area contributed by atoms with Gasteiger partial charge < -0.3 is 10.4 Å². The monoisotopic (exact) mass is 274 g/mol. The summed E-state index contributed by atoms with van der Waals surface area (Å²) in [5.74, 6) is 0.310. The third kappa shape index (κ3) is 3.59. The molecule has 3 nitrogen and oxygen atoms in total. The Hall–Kier alpha value is -1.30. The van der Waals surface area contributed by atoms with Crippen LogP contribution in [0, 0.1) is 5.92 Å². The van der Waals surface area contributed by atoms with Gasteiger partial charge in [0.25, 0.3) is 0 Å². The topological polar surface area (TPSA) is 45.1 Å². The van der Waals surface area contributed by atoms with Crippen molar-refractivity contribution in [2.24, 2.45) is 5.92 Å². The lowest BCUT2D eigenvalue weighted by Crippen LogP contribution is -2.34. The van der Waals surface area contributed by atoms with E-state index in [-0.39, 0.29) is 24.4 Å². The van der Waals surface area contributed by atoms with Crippen molar-refractivity contribution in [3.63, 3.8) is 0 Å². The van der Waals surface area contributed by atoms with Gasteiger partial charge in [0.2, 0.25) is 0 Å². The second kappa shape index (κ2) is 5.77. The molecule has 0 amide bonds. The zero-order chi connectivity index (χ0) is 13.9. The molecule has 1 aliphatic rings. The SMILES string of the molecule is OCC1CCCCC1Nc1cccc(C(F)(F)F)n1. The van der Waals surface area contributed by atoms with Crippen LogP contribution in [0.15, 0.2) is 18.2 Å². The Kier molecular flexibility index (Phi) is 4.29. The standard InChI is InChI=1S/C13H17F3N2O/c14-13(15,16)11-6-3-7-12(18-11)17-10-5-2-1-4-9(10)8-19/h3,6-7,9-10,19H,1-2,4-5,8H2,(H,17,18). The predicted octanol–water partition coefficient (Wildman–Crippen LogP) is 3.06. The van der Waals surface area contributed by atoms with Crippen LogP contribution in [0.4, 0.5) is 19.0 Å². The van der Waals surface area contributed by atoms with Gasteiger partial charge in [-0.1, -0.05) is 18.9 Å². The quantitative estimate of drug-likeness (QED) is 0.890. The fourth-order valence-corrected chi connectivity index (χ4v) is 2.48. The van der Waals surface area contributed by atoms with E-state index in [0.717, 1.165) is 31.7 Å². The minimum Gasteiger partial charge on any atom is -0.396 e. The van der Waals surface area contributed by atoms with Gasteiger partial charge in [0, 0.05) is 18.6 Å². The van der Waals surface area contributed by atoms with Gasteiger partial charge in [-0.25, -0.2) is 4.98 Å². The average Bonchev–Trinajstić information content (AvgIpc) is 2.39. The second-order valence-electron chi connectivity index (χ2n) is 4.88. The van der Waals surface area contributed by atoms with Crippen molar-refractivity contribution in [3.05, 3.63) is 23.9 Å². The van der Waals surface area contributed by atoms with Gasteiger partial charge >= 0.3 is 6.18 Å². The maximum Gasteiger partial charge on any atom is 0.433 e. The lowest BCUT2D eigenvalue weighted by molar-refractivity contribution is -0.141. The number of alkyl halides is 3. The molecular weight excluding hydrogens is 257 g/mol. The normalized spacial score (nSPS) is 24.2. The van der Waals surface area contributed by atoms with Crippen LogP contribution >= 0.6 is 0 Å². The van der Waals surface area contributed by atoms with E-state index < -0.39 is 11.9 Å². The van der Waals surface area contributed by atoms with Crippen LogP contribution < -0.4 is 5.32 Å². The van der Waals surface area contributed by atoms with E-state index in [1.54, 1.807) is 0 Å². The molecule has 106 valence electrons. The Morgan fingerprint density at radius 2 is 2.00 bits per heavy atom. The molecule has 1 saturated carbocycles. The fraction of sp³-hybridized carbons (Fsp3) is 0.615. The number of nitrogens with zero attached hydrogens (tertiary/aromatic N) is 1. The van der Waals surface area contributed by atoms with Crippen LogP contribution in [-0.2, 0) is 6.18 Å². The largest absolute Gasteiger partial charge is 0.433 e. The summed E-state index contributed by atoms with van der Waals surface area (Å²) in [6.45, 7) is 0.0522. The van der Waals surface area contributed by atoms with Gasteiger partial charge in [0.15, 0.2) is 0 Å². The summed E-state index contributed by atoms with van der Waals surface area (Å²) in [5, 5.41) is 12.3. The Balaban J connectivity index is 2.10. The number of halogens is 3. The summed E-state index contributed by atoms with van der Waals surface area (Å²) in [5.41, 5.74) is -0.895. The number of rotatable bonds is 3. The van der Waals surface area contributed by atoms with Gasteiger partial charge in [-0.3, -0.25) is 0 Å². The predicted molar refractivity (Wildman–Crippen MR) is 65.7 cm³/mol. The van der Waals surface area contributed by atoms with Gasteiger partial charge in [-0.05, 0) is 25.0 Å². The lowest BCUT2D eigenvalue weighted by atomic mass is 9.85. The smallest absolute Gasteiger partial charge is 0.396 e. The highest BCUT2D eigenvalue weighted by molar-refractivity contribution is 5.37. The molecule has 0 radical (unpaired) electrons. The fourth-order valence-electron chi connectivity index (χ4n) is 2.48. The number of hydrogen-bond donors (Lipinski definition) is 2. The minimum atomic E-state index is -4.43. The molecular formula is C13H17F3N2O. The summed E-state index contributed by atoms with van der Waals surface area (Å²) >= 11 is 0. The Morgan fingerprint density at radius 3 is 2.68 bits per heavy atom. The maximum atomic E-state index is 12.6. The molecule has 1 aliphatic carbocycles. The Bertz CT molecular complexity index is 423. The molecule has 0 saturated heterocycles. The molecule has 19 heavy (non-hydrogen) atoms. The molecule has 0 aliphatic heterocycles. The summed E-state index contributed by atoms with van der Waals surface area (Å²) in [6.07, 6.45) is -0.608. The van der Waals surface area contributed by atoms with Crippen molar-refractivity contribution < 1.29 is 18.3 Å². The first-order chi connectivity index (χ1) is 9.00. The van der Waals surface area contributed by atoms with Crippen LogP contribution in [0.1, 0.15) is 31.4 Å². The van der Waals surface area contributed by atoms with E-state index in [1.165, 1.54) is 12.1 Å². The molecule has 0 spiro atoms. The highest BCUT2D eigenvalue weighted by atomic mass is 19.4. The molecule has 0 aromatic carbocycles. The second-order valence-corrected chi connectivity index (χ2v) is 4.88. The third-order valence-corrected chi connectivity index (χ3v) is 3.52. The average molecular weight is 274 g/mol. The van der Waals surface area contributed by atoms with Crippen LogP contribution in [0.3, 0.4) is 0 Å². The molecule has 0 bridgehead atoms. The number of aliphatic hydroxyl groups excluding tert-OH is 1. The summed E-state index contributed by atoms with van der Waals surface area (Å²) in [4.78, 5) is 3.59. The first-order valence-electron chi connectivity index (χ1n) is 6.42. The van der Waals surface area contributed by atoms with E-state index in [9.17, 15) is 18.3 Å². The number of nitrogens with one attached hydrogen (secondary N) is 1. The van der Waals surface area contributed by atoms with E-state index in [1.807, 2.05) is 0 Å². The first-order valence-corrected chi connectivity index (χ1v) is 6.42. The van der Waals surface area contributed by atoms with Crippen LogP contribution in [0.2, 0.25) is 0 Å². The third-order valence-electron chi connectivity index (χ3n) is 3.52. The zero-order valence-electron chi connectivity index (χ0n) is 10.5. The molecule has 1 fully saturated rings. The van der Waals surface area contributed by atoms with Crippen LogP contribution in [-0.4, -0.2) is 22.7 Å². The molecule has 6 heteroatoms. The van der Waals surface area contributed by atoms with Crippen molar-refractivity contribution in [1.29, 1.82) is 0 Å². The number of aromatic nitrogens is 1. The lowest BCUT2D eigenvalue weighted by Gasteiger charge is -2.31. The molecule has 2 N–H and O–H groups in total. The highest BCUT2D eigenvalue weighted by Gasteiger charge is 2.33. The van der Waals surface area contributed by atoms with Crippen molar-refractivity contribution >= 4 is 5.82 Å². The highest BCUT2D eigenvalue weighted by Crippen LogP contribution is 2.30. The van der Waals surface area contributed by atoms with Gasteiger partial charge in [-0.2, -0.15) is 13.2 Å². The van der Waals surface area contributed by atoms with Crippen molar-refractivity contribution in [2.45, 2.75) is 37.9 Å². The summed E-state index contributed by atoms with van der Waals surface area (Å²) in [6, 6.07) is 3.82. The number of anilines is 1. The maximum absolute atomic E-state index is 12.6.